The van der Waals surface area contributed by atoms with Gasteiger partial charge in [0.25, 0.3) is 0 Å². The fourth-order valence-corrected chi connectivity index (χ4v) is 7.62. The summed E-state index contributed by atoms with van der Waals surface area (Å²) in [4.78, 5) is 13.5. The second kappa shape index (κ2) is 11.9. The molecule has 0 amide bonds. The maximum atomic E-state index is 10.4. The Morgan fingerprint density at radius 3 is 1.39 bits per heavy atom. The molecule has 0 aliphatic rings. The topological polar surface area (TPSA) is 48.5 Å². The largest absolute Gasteiger partial charge is 0.309 e. The van der Waals surface area contributed by atoms with Gasteiger partial charge in [0, 0.05) is 38.4 Å². The van der Waals surface area contributed by atoms with Gasteiger partial charge in [-0.05, 0) is 68.6 Å². The quantitative estimate of drug-likeness (QED) is 0.169. The zero-order valence-electron chi connectivity index (χ0n) is 48.6. The fraction of sp³-hybridized carbons (Fsp3) is 0. The van der Waals surface area contributed by atoms with Crippen molar-refractivity contribution in [2.75, 3.05) is 0 Å². The first-order valence-electron chi connectivity index (χ1n) is 27.3. The molecule has 5 nitrogen and oxygen atoms in total. The van der Waals surface area contributed by atoms with E-state index < -0.39 is 161 Å². The van der Waals surface area contributed by atoms with Gasteiger partial charge in [0.1, 0.15) is 0 Å². The van der Waals surface area contributed by atoms with Crippen molar-refractivity contribution >= 4 is 75.9 Å². The molecule has 260 valence electrons. The molecule has 0 N–H and O–H groups in total. The van der Waals surface area contributed by atoms with E-state index in [4.69, 9.17) is 19.2 Å². The number of para-hydroxylation sites is 2. The summed E-state index contributed by atoms with van der Waals surface area (Å²) >= 11 is 0. The molecular weight excluding hydrogens is 683 g/mol. The van der Waals surface area contributed by atoms with E-state index >= 15 is 0 Å². The van der Waals surface area contributed by atoms with Crippen LogP contribution in [0.4, 0.5) is 0 Å². The standard InChI is InChI=1S/C51H31N5/c1-3-15-32(16-4-1)49-52-50(33-17-5-2-6-18-33)54-51(53-49)56-46-26-14-12-24-41(46)44-30-43-40-23-11-13-25-45(40)55(47(43)31-48(44)56)34-27-28-39-37-21-8-7-19-35(37)36-20-9-10-22-38(36)42(39)29-34/h1-31H/i1D,2D,3D,4D,5D,6D,11D,12D,13D,14D,15D,16D,17D,18D,23D,24D,25D,26D,30D,31D. The molecule has 0 aliphatic carbocycles. The first-order chi connectivity index (χ1) is 36.1. The van der Waals surface area contributed by atoms with Crippen molar-refractivity contribution in [1.82, 2.24) is 24.1 Å². The minimum Gasteiger partial charge on any atom is -0.309 e. The van der Waals surface area contributed by atoms with E-state index in [0.29, 0.717) is 0 Å². The van der Waals surface area contributed by atoms with Crippen LogP contribution in [0.15, 0.2) is 188 Å². The third-order valence-corrected chi connectivity index (χ3v) is 9.95. The Kier molecular flexibility index (Phi) is 3.67. The average Bonchev–Trinajstić information content (AvgIpc) is 4.12. The molecule has 0 fully saturated rings. The van der Waals surface area contributed by atoms with Gasteiger partial charge in [0.05, 0.1) is 49.5 Å². The van der Waals surface area contributed by atoms with E-state index in [1.807, 2.05) is 54.6 Å². The first kappa shape index (κ1) is 17.2. The number of benzene rings is 9. The minimum atomic E-state index is -0.823. The lowest BCUT2D eigenvalue weighted by atomic mass is 9.94. The van der Waals surface area contributed by atoms with Crippen LogP contribution < -0.4 is 0 Å². The van der Waals surface area contributed by atoms with Gasteiger partial charge in [0.15, 0.2) is 11.6 Å². The average molecular weight is 734 g/mol. The van der Waals surface area contributed by atoms with Crippen LogP contribution in [-0.4, -0.2) is 24.1 Å². The highest BCUT2D eigenvalue weighted by Gasteiger charge is 2.21. The van der Waals surface area contributed by atoms with E-state index in [-0.39, 0.29) is 38.3 Å². The van der Waals surface area contributed by atoms with Crippen LogP contribution >= 0.6 is 0 Å². The van der Waals surface area contributed by atoms with E-state index in [1.165, 1.54) is 4.57 Å². The molecule has 0 unspecified atom stereocenters. The van der Waals surface area contributed by atoms with Crippen molar-refractivity contribution in [1.29, 1.82) is 0 Å². The summed E-state index contributed by atoms with van der Waals surface area (Å²) in [6, 6.07) is 6.21. The predicted molar refractivity (Wildman–Crippen MR) is 232 cm³/mol. The van der Waals surface area contributed by atoms with Crippen molar-refractivity contribution in [3.8, 4) is 34.4 Å². The van der Waals surface area contributed by atoms with Crippen LogP contribution in [0.1, 0.15) is 27.4 Å². The Hall–Kier alpha value is -7.63. The summed E-state index contributed by atoms with van der Waals surface area (Å²) in [6.07, 6.45) is 0. The van der Waals surface area contributed by atoms with Crippen LogP contribution in [-0.2, 0) is 0 Å². The molecule has 0 radical (unpaired) electrons. The SMILES string of the molecule is [2H]c1c([2H])c([2H])c(-c2nc(-c3c([2H])c([2H])c([2H])c([2H])c3[2H])nc(-n3c4c([2H])c([2H])c([2H])c([2H])c4c4c([2H])c5c6c([2H])c([2H])c([2H])c([2H])c6n(-c6ccc7c8ccccc8c8ccccc8c7c6)c5c([2H])c43)n2)c([2H])c1[2H]. The molecule has 0 aliphatic heterocycles. The van der Waals surface area contributed by atoms with Gasteiger partial charge >= 0.3 is 0 Å². The Bertz CT molecular complexity index is 4540. The molecule has 56 heavy (non-hydrogen) atoms. The maximum Gasteiger partial charge on any atom is 0.238 e. The lowest BCUT2D eigenvalue weighted by molar-refractivity contribution is 0.953. The van der Waals surface area contributed by atoms with Gasteiger partial charge in [-0.3, -0.25) is 4.57 Å². The second-order valence-corrected chi connectivity index (χ2v) is 12.9. The molecule has 0 atom stereocenters. The van der Waals surface area contributed by atoms with Gasteiger partial charge in [-0.15, -0.1) is 0 Å². The fourth-order valence-electron chi connectivity index (χ4n) is 7.62. The maximum absolute atomic E-state index is 10.4. The Morgan fingerprint density at radius 2 is 0.821 bits per heavy atom. The monoisotopic (exact) mass is 733 g/mol. The van der Waals surface area contributed by atoms with Crippen molar-refractivity contribution in [3.05, 3.63) is 188 Å². The summed E-state index contributed by atoms with van der Waals surface area (Å²) < 4.78 is 182. The van der Waals surface area contributed by atoms with Crippen molar-refractivity contribution in [2.24, 2.45) is 0 Å². The van der Waals surface area contributed by atoms with E-state index in [9.17, 15) is 8.22 Å². The van der Waals surface area contributed by atoms with Crippen LogP contribution in [0.3, 0.4) is 0 Å². The normalized spacial score (nSPS) is 16.9. The molecule has 3 heterocycles. The summed E-state index contributed by atoms with van der Waals surface area (Å²) in [5.41, 5.74) is -2.17. The lowest BCUT2D eigenvalue weighted by Crippen LogP contribution is -2.06. The molecule has 0 bridgehead atoms. The molecule has 0 spiro atoms. The number of nitrogens with zero attached hydrogens (tertiary/aromatic N) is 5. The van der Waals surface area contributed by atoms with Gasteiger partial charge in [-0.25, -0.2) is 4.98 Å². The Morgan fingerprint density at radius 1 is 0.357 bits per heavy atom. The summed E-state index contributed by atoms with van der Waals surface area (Å²) in [7, 11) is 0. The van der Waals surface area contributed by atoms with E-state index in [1.54, 1.807) is 12.1 Å². The van der Waals surface area contributed by atoms with Crippen LogP contribution in [0.2, 0.25) is 0 Å². The third-order valence-electron chi connectivity index (χ3n) is 9.95. The van der Waals surface area contributed by atoms with E-state index in [0.717, 1.165) is 36.9 Å². The molecule has 3 aromatic heterocycles. The lowest BCUT2D eigenvalue weighted by Gasteiger charge is -2.14. The number of hydrogen-bond acceptors (Lipinski definition) is 3. The third kappa shape index (κ3) is 4.52. The molecular formula is C51H31N5. The van der Waals surface area contributed by atoms with Gasteiger partial charge in [-0.2, -0.15) is 9.97 Å². The second-order valence-electron chi connectivity index (χ2n) is 12.9. The highest BCUT2D eigenvalue weighted by molar-refractivity contribution is 6.26. The number of hydrogen-bond donors (Lipinski definition) is 0. The zero-order chi connectivity index (χ0) is 54.1. The van der Waals surface area contributed by atoms with Crippen LogP contribution in [0, 0.1) is 0 Å². The molecule has 0 saturated carbocycles. The van der Waals surface area contributed by atoms with Gasteiger partial charge in [-0.1, -0.05) is 151 Å². The smallest absolute Gasteiger partial charge is 0.238 e. The molecule has 5 heteroatoms. The van der Waals surface area contributed by atoms with Crippen LogP contribution in [0.5, 0.6) is 0 Å². The summed E-state index contributed by atoms with van der Waals surface area (Å²) in [5.74, 6) is -2.15. The summed E-state index contributed by atoms with van der Waals surface area (Å²) in [6.45, 7) is 0. The molecule has 9 aromatic carbocycles. The molecule has 12 rings (SSSR count). The van der Waals surface area contributed by atoms with Crippen molar-refractivity contribution < 1.29 is 27.4 Å². The van der Waals surface area contributed by atoms with Crippen molar-refractivity contribution in [2.45, 2.75) is 0 Å². The highest BCUT2D eigenvalue weighted by Crippen LogP contribution is 2.41. The molecule has 0 saturated heterocycles. The van der Waals surface area contributed by atoms with Crippen LogP contribution in [0.25, 0.3) is 110 Å². The Balaban J connectivity index is 1.32. The predicted octanol–water partition coefficient (Wildman–Crippen LogP) is 12.9. The van der Waals surface area contributed by atoms with Gasteiger partial charge < -0.3 is 4.57 Å². The van der Waals surface area contributed by atoms with Gasteiger partial charge in [0.2, 0.25) is 5.95 Å². The summed E-state index contributed by atoms with van der Waals surface area (Å²) in [5, 5.41) is 4.11. The first-order valence-corrected chi connectivity index (χ1v) is 17.3. The number of aromatic nitrogens is 5. The minimum absolute atomic E-state index is 0.134. The highest BCUT2D eigenvalue weighted by atomic mass is 15.2. The number of rotatable bonds is 4. The number of fused-ring (bicyclic) bond motifs is 12. The van der Waals surface area contributed by atoms with Crippen molar-refractivity contribution in [3.63, 3.8) is 0 Å². The zero-order valence-corrected chi connectivity index (χ0v) is 28.6. The molecule has 12 aromatic rings. The van der Waals surface area contributed by atoms with E-state index in [2.05, 4.69) is 15.0 Å². The Labute approximate surface area is 349 Å².